The molecule has 3 amide bonds. The summed E-state index contributed by atoms with van der Waals surface area (Å²) in [5, 5.41) is 47.1. The molecule has 0 saturated carbocycles. The van der Waals surface area contributed by atoms with Crippen molar-refractivity contribution in [3.8, 4) is 0 Å². The van der Waals surface area contributed by atoms with Crippen LogP contribution in [0.4, 0.5) is 0 Å². The van der Waals surface area contributed by atoms with Gasteiger partial charge in [-0.25, -0.2) is 4.79 Å². The highest BCUT2D eigenvalue weighted by Gasteiger charge is 2.34. The predicted molar refractivity (Wildman–Crippen MR) is 94.9 cm³/mol. The summed E-state index contributed by atoms with van der Waals surface area (Å²) in [6.45, 7) is 2.22. The Morgan fingerprint density at radius 3 is 2.04 bits per heavy atom. The largest absolute Gasteiger partial charge is 0.480 e. The fourth-order valence-electron chi connectivity index (χ4n) is 2.67. The smallest absolute Gasteiger partial charge is 0.328 e. The van der Waals surface area contributed by atoms with Crippen molar-refractivity contribution in [1.29, 1.82) is 0 Å². The molecular weight excluding hydrogens is 376 g/mol. The molecule has 0 aromatic rings. The second-order valence-electron chi connectivity index (χ2n) is 6.68. The van der Waals surface area contributed by atoms with E-state index in [1.807, 2.05) is 5.32 Å². The molecule has 0 aliphatic carbocycles. The van der Waals surface area contributed by atoms with E-state index < -0.39 is 66.7 Å². The fraction of sp³-hybridized carbons (Fsp3) is 0.750. The van der Waals surface area contributed by atoms with Crippen LogP contribution in [0.1, 0.15) is 26.7 Å². The third-order valence-electron chi connectivity index (χ3n) is 4.30. The monoisotopic (exact) mass is 404 g/mol. The zero-order valence-electron chi connectivity index (χ0n) is 15.7. The van der Waals surface area contributed by atoms with Crippen LogP contribution in [0.15, 0.2) is 0 Å². The molecule has 0 radical (unpaired) electrons. The lowest BCUT2D eigenvalue weighted by atomic mass is 10.1. The number of rotatable bonds is 10. The van der Waals surface area contributed by atoms with Crippen molar-refractivity contribution in [2.45, 2.75) is 63.1 Å². The lowest BCUT2D eigenvalue weighted by Crippen LogP contribution is -2.61. The van der Waals surface area contributed by atoms with Crippen LogP contribution < -0.4 is 21.3 Å². The second-order valence-corrected chi connectivity index (χ2v) is 6.68. The van der Waals surface area contributed by atoms with Crippen LogP contribution >= 0.6 is 0 Å². The molecule has 0 aromatic heterocycles. The Balaban J connectivity index is 2.75. The molecule has 28 heavy (non-hydrogen) atoms. The van der Waals surface area contributed by atoms with E-state index in [0.29, 0.717) is 13.0 Å². The number of carbonyl (C=O) groups is 4. The van der Waals surface area contributed by atoms with Crippen LogP contribution in [0.5, 0.6) is 0 Å². The van der Waals surface area contributed by atoms with E-state index in [1.165, 1.54) is 6.92 Å². The van der Waals surface area contributed by atoms with Crippen LogP contribution in [0.25, 0.3) is 0 Å². The molecule has 6 unspecified atom stereocenters. The minimum absolute atomic E-state index is 0.483. The zero-order chi connectivity index (χ0) is 21.4. The van der Waals surface area contributed by atoms with Crippen LogP contribution in [0, 0.1) is 0 Å². The van der Waals surface area contributed by atoms with Gasteiger partial charge >= 0.3 is 5.97 Å². The molecule has 8 N–H and O–H groups in total. The number of aliphatic carboxylic acids is 1. The second kappa shape index (κ2) is 10.9. The van der Waals surface area contributed by atoms with Gasteiger partial charge in [-0.1, -0.05) is 0 Å². The Bertz CT molecular complexity index is 577. The maximum atomic E-state index is 12.4. The van der Waals surface area contributed by atoms with Crippen molar-refractivity contribution in [3.63, 3.8) is 0 Å². The molecule has 0 aromatic carbocycles. The molecule has 160 valence electrons. The summed E-state index contributed by atoms with van der Waals surface area (Å²) in [6.07, 6.45) is -1.33. The Kier molecular flexibility index (Phi) is 9.25. The van der Waals surface area contributed by atoms with E-state index in [0.717, 1.165) is 13.3 Å². The third kappa shape index (κ3) is 6.71. The molecule has 1 saturated heterocycles. The molecular formula is C16H28N4O8. The maximum Gasteiger partial charge on any atom is 0.328 e. The van der Waals surface area contributed by atoms with Gasteiger partial charge in [-0.05, 0) is 33.2 Å². The summed E-state index contributed by atoms with van der Waals surface area (Å²) < 4.78 is 0. The summed E-state index contributed by atoms with van der Waals surface area (Å²) in [5.41, 5.74) is 0. The predicted octanol–water partition coefficient (Wildman–Crippen LogP) is -3.97. The normalized spacial score (nSPS) is 21.7. The average molecular weight is 404 g/mol. The summed E-state index contributed by atoms with van der Waals surface area (Å²) in [4.78, 5) is 47.7. The highest BCUT2D eigenvalue weighted by atomic mass is 16.4. The van der Waals surface area contributed by atoms with Gasteiger partial charge in [-0.2, -0.15) is 0 Å². The number of carbonyl (C=O) groups excluding carboxylic acids is 3. The summed E-state index contributed by atoms with van der Waals surface area (Å²) >= 11 is 0. The van der Waals surface area contributed by atoms with Crippen molar-refractivity contribution in [2.75, 3.05) is 13.2 Å². The number of carboxylic acids is 1. The van der Waals surface area contributed by atoms with Gasteiger partial charge in [-0.3, -0.25) is 14.4 Å². The standard InChI is InChI=1S/C16H28N4O8/c1-7(22)11(19-13(24)9-4-3-5-17-9)15(26)18-10(6-21)14(25)20-12(8(2)23)16(27)28/h7-12,17,21-23H,3-6H2,1-2H3,(H,18,26)(H,19,24)(H,20,25)(H,27,28). The van der Waals surface area contributed by atoms with Crippen LogP contribution in [0.2, 0.25) is 0 Å². The summed E-state index contributed by atoms with van der Waals surface area (Å²) in [7, 11) is 0. The first-order chi connectivity index (χ1) is 13.1. The quantitative estimate of drug-likeness (QED) is 0.179. The van der Waals surface area contributed by atoms with Crippen LogP contribution in [-0.2, 0) is 19.2 Å². The third-order valence-corrected chi connectivity index (χ3v) is 4.30. The first kappa shape index (κ1) is 23.8. The minimum Gasteiger partial charge on any atom is -0.480 e. The Morgan fingerprint density at radius 2 is 1.61 bits per heavy atom. The Morgan fingerprint density at radius 1 is 1.00 bits per heavy atom. The van der Waals surface area contributed by atoms with Gasteiger partial charge in [0.1, 0.15) is 12.1 Å². The number of aliphatic hydroxyl groups is 3. The van der Waals surface area contributed by atoms with E-state index in [1.54, 1.807) is 0 Å². The van der Waals surface area contributed by atoms with Gasteiger partial charge in [0, 0.05) is 0 Å². The highest BCUT2D eigenvalue weighted by molar-refractivity contribution is 5.94. The van der Waals surface area contributed by atoms with Crippen molar-refractivity contribution < 1.29 is 39.6 Å². The van der Waals surface area contributed by atoms with Gasteiger partial charge in [0.05, 0.1) is 24.9 Å². The molecule has 6 atom stereocenters. The van der Waals surface area contributed by atoms with Gasteiger partial charge in [0.25, 0.3) is 0 Å². The van der Waals surface area contributed by atoms with Crippen molar-refractivity contribution in [3.05, 3.63) is 0 Å². The Labute approximate surface area is 161 Å². The van der Waals surface area contributed by atoms with E-state index in [-0.39, 0.29) is 0 Å². The molecule has 1 rings (SSSR count). The first-order valence-corrected chi connectivity index (χ1v) is 8.92. The van der Waals surface area contributed by atoms with E-state index >= 15 is 0 Å². The lowest BCUT2D eigenvalue weighted by molar-refractivity contribution is -0.145. The zero-order valence-corrected chi connectivity index (χ0v) is 15.7. The van der Waals surface area contributed by atoms with Crippen LogP contribution in [0.3, 0.4) is 0 Å². The van der Waals surface area contributed by atoms with Gasteiger partial charge < -0.3 is 41.7 Å². The van der Waals surface area contributed by atoms with Crippen molar-refractivity contribution >= 4 is 23.7 Å². The molecule has 1 heterocycles. The molecule has 12 nitrogen and oxygen atoms in total. The van der Waals surface area contributed by atoms with E-state index in [2.05, 4.69) is 16.0 Å². The highest BCUT2D eigenvalue weighted by Crippen LogP contribution is 2.06. The topological polar surface area (TPSA) is 197 Å². The van der Waals surface area contributed by atoms with Crippen molar-refractivity contribution in [2.24, 2.45) is 0 Å². The van der Waals surface area contributed by atoms with E-state index in [4.69, 9.17) is 5.11 Å². The number of amides is 3. The van der Waals surface area contributed by atoms with Crippen LogP contribution in [-0.4, -0.2) is 93.6 Å². The van der Waals surface area contributed by atoms with Gasteiger partial charge in [-0.15, -0.1) is 0 Å². The first-order valence-electron chi connectivity index (χ1n) is 8.92. The number of carboxylic acid groups (broad SMARTS) is 1. The SMILES string of the molecule is CC(O)C(NC(=O)C(CO)NC(=O)C(NC(=O)C1CCCN1)C(C)O)C(=O)O. The summed E-state index contributed by atoms with van der Waals surface area (Å²) in [5.74, 6) is -3.95. The Hall–Kier alpha value is -2.28. The summed E-state index contributed by atoms with van der Waals surface area (Å²) in [6, 6.07) is -5.06. The molecule has 0 spiro atoms. The minimum atomic E-state index is -1.64. The van der Waals surface area contributed by atoms with Crippen molar-refractivity contribution in [1.82, 2.24) is 21.3 Å². The molecule has 1 aliphatic heterocycles. The number of nitrogens with one attached hydrogen (secondary N) is 4. The average Bonchev–Trinajstić information content (AvgIpc) is 3.15. The van der Waals surface area contributed by atoms with Gasteiger partial charge in [0.2, 0.25) is 17.7 Å². The fourth-order valence-corrected chi connectivity index (χ4v) is 2.67. The molecule has 1 fully saturated rings. The molecule has 12 heteroatoms. The number of hydrogen-bond donors (Lipinski definition) is 8. The van der Waals surface area contributed by atoms with E-state index in [9.17, 15) is 34.5 Å². The molecule has 1 aliphatic rings. The number of aliphatic hydroxyl groups excluding tert-OH is 3. The number of hydrogen-bond acceptors (Lipinski definition) is 8. The van der Waals surface area contributed by atoms with Gasteiger partial charge in [0.15, 0.2) is 6.04 Å². The molecule has 0 bridgehead atoms. The maximum absolute atomic E-state index is 12.4. The lowest BCUT2D eigenvalue weighted by Gasteiger charge is -2.26.